The number of rotatable bonds is 4. The van der Waals surface area contributed by atoms with E-state index in [4.69, 9.17) is 4.74 Å². The first kappa shape index (κ1) is 12.9. The molecule has 2 atom stereocenters. The molecule has 0 amide bonds. The number of hydrogen-bond donors (Lipinski definition) is 0. The quantitative estimate of drug-likeness (QED) is 0.780. The molecule has 104 valence electrons. The molecule has 2 aliphatic rings. The van der Waals surface area contributed by atoms with Gasteiger partial charge in [0.15, 0.2) is 5.78 Å². The van der Waals surface area contributed by atoms with Crippen LogP contribution >= 0.6 is 0 Å². The number of carbonyl (C=O) groups excluding carboxylic acids is 1. The SMILES string of the molecule is CCc1c(C(=O)C(C)OC)c2n3c1CCC[C@@H]3CC2. The predicted octanol–water partition coefficient (Wildman–Crippen LogP) is 3.09. The van der Waals surface area contributed by atoms with Gasteiger partial charge in [-0.3, -0.25) is 4.79 Å². The molecule has 0 radical (unpaired) electrons. The van der Waals surface area contributed by atoms with E-state index in [1.165, 1.54) is 36.2 Å². The van der Waals surface area contributed by atoms with E-state index in [-0.39, 0.29) is 11.9 Å². The van der Waals surface area contributed by atoms with Gasteiger partial charge in [-0.05, 0) is 51.0 Å². The number of ketones is 1. The van der Waals surface area contributed by atoms with Crippen molar-refractivity contribution in [3.8, 4) is 0 Å². The highest BCUT2D eigenvalue weighted by molar-refractivity contribution is 6.02. The van der Waals surface area contributed by atoms with Crippen LogP contribution in [0.5, 0.6) is 0 Å². The number of nitrogens with zero attached hydrogens (tertiary/aromatic N) is 1. The maximum absolute atomic E-state index is 12.6. The van der Waals surface area contributed by atoms with Crippen molar-refractivity contribution >= 4 is 5.78 Å². The standard InChI is InChI=1S/C16H23NO2/c1-4-12-13-7-5-6-11-8-9-14(17(11)13)15(12)16(18)10(2)19-3/h10-11H,4-9H2,1-3H3/t10?,11-/m1/s1. The van der Waals surface area contributed by atoms with Crippen LogP contribution in [0.1, 0.15) is 66.5 Å². The van der Waals surface area contributed by atoms with E-state index in [9.17, 15) is 4.79 Å². The van der Waals surface area contributed by atoms with E-state index in [2.05, 4.69) is 11.5 Å². The zero-order chi connectivity index (χ0) is 13.6. The first-order valence-corrected chi connectivity index (χ1v) is 7.50. The van der Waals surface area contributed by atoms with Gasteiger partial charge >= 0.3 is 0 Å². The zero-order valence-electron chi connectivity index (χ0n) is 12.2. The molecule has 0 saturated heterocycles. The Labute approximate surface area is 114 Å². The van der Waals surface area contributed by atoms with Crippen LogP contribution in [0, 0.1) is 0 Å². The lowest BCUT2D eigenvalue weighted by atomic mass is 9.93. The van der Waals surface area contributed by atoms with Crippen LogP contribution in [0.15, 0.2) is 0 Å². The molecule has 0 saturated carbocycles. The molecule has 0 aliphatic carbocycles. The summed E-state index contributed by atoms with van der Waals surface area (Å²) in [4.78, 5) is 12.6. The van der Waals surface area contributed by atoms with Crippen molar-refractivity contribution < 1.29 is 9.53 Å². The molecule has 19 heavy (non-hydrogen) atoms. The van der Waals surface area contributed by atoms with Crippen molar-refractivity contribution in [3.63, 3.8) is 0 Å². The molecule has 3 heterocycles. The first-order chi connectivity index (χ1) is 9.19. The smallest absolute Gasteiger partial charge is 0.193 e. The summed E-state index contributed by atoms with van der Waals surface area (Å²) >= 11 is 0. The highest BCUT2D eigenvalue weighted by Crippen LogP contribution is 2.42. The number of hydrogen-bond acceptors (Lipinski definition) is 2. The number of Topliss-reactive ketones (excluding diaryl/α,β-unsaturated/α-hetero) is 1. The van der Waals surface area contributed by atoms with E-state index in [1.807, 2.05) is 6.92 Å². The minimum Gasteiger partial charge on any atom is -0.374 e. The predicted molar refractivity (Wildman–Crippen MR) is 74.9 cm³/mol. The van der Waals surface area contributed by atoms with Gasteiger partial charge < -0.3 is 9.30 Å². The Hall–Kier alpha value is -1.09. The average molecular weight is 261 g/mol. The summed E-state index contributed by atoms with van der Waals surface area (Å²) < 4.78 is 7.75. The van der Waals surface area contributed by atoms with Crippen molar-refractivity contribution in [2.24, 2.45) is 0 Å². The molecule has 3 nitrogen and oxygen atoms in total. The van der Waals surface area contributed by atoms with Crippen molar-refractivity contribution in [2.75, 3.05) is 7.11 Å². The van der Waals surface area contributed by atoms with Gasteiger partial charge in [0.2, 0.25) is 0 Å². The second-order valence-corrected chi connectivity index (χ2v) is 5.80. The molecule has 3 rings (SSSR count). The lowest BCUT2D eigenvalue weighted by Gasteiger charge is -2.23. The van der Waals surface area contributed by atoms with E-state index in [1.54, 1.807) is 7.11 Å². The van der Waals surface area contributed by atoms with Crippen molar-refractivity contribution in [1.29, 1.82) is 0 Å². The fraction of sp³-hybridized carbons (Fsp3) is 0.688. The summed E-state index contributed by atoms with van der Waals surface area (Å²) in [6.45, 7) is 4.02. The molecule has 1 unspecified atom stereocenters. The van der Waals surface area contributed by atoms with E-state index in [0.717, 1.165) is 24.8 Å². The van der Waals surface area contributed by atoms with Gasteiger partial charge in [-0.1, -0.05) is 6.92 Å². The second kappa shape index (κ2) is 4.78. The average Bonchev–Trinajstić information content (AvgIpc) is 3.00. The normalized spacial score (nSPS) is 22.4. The first-order valence-electron chi connectivity index (χ1n) is 7.50. The van der Waals surface area contributed by atoms with Crippen molar-refractivity contribution in [2.45, 2.75) is 64.5 Å². The maximum Gasteiger partial charge on any atom is 0.193 e. The molecule has 1 aromatic rings. The molecule has 0 aromatic carbocycles. The van der Waals surface area contributed by atoms with Crippen LogP contribution < -0.4 is 0 Å². The summed E-state index contributed by atoms with van der Waals surface area (Å²) in [6, 6.07) is 0.656. The molecule has 0 bridgehead atoms. The monoisotopic (exact) mass is 261 g/mol. The number of ether oxygens (including phenoxy) is 1. The van der Waals surface area contributed by atoms with Crippen LogP contribution in [0.4, 0.5) is 0 Å². The summed E-state index contributed by atoms with van der Waals surface area (Å²) in [5.41, 5.74) is 5.04. The summed E-state index contributed by atoms with van der Waals surface area (Å²) in [6.07, 6.45) is 6.61. The van der Waals surface area contributed by atoms with Gasteiger partial charge in [-0.25, -0.2) is 0 Å². The Morgan fingerprint density at radius 2 is 2.16 bits per heavy atom. The van der Waals surface area contributed by atoms with Gasteiger partial charge in [-0.15, -0.1) is 0 Å². The minimum absolute atomic E-state index is 0.178. The number of aromatic nitrogens is 1. The van der Waals surface area contributed by atoms with Crippen molar-refractivity contribution in [3.05, 3.63) is 22.5 Å². The summed E-state index contributed by atoms with van der Waals surface area (Å²) in [5, 5.41) is 0. The highest BCUT2D eigenvalue weighted by Gasteiger charge is 2.36. The van der Waals surface area contributed by atoms with E-state index in [0.29, 0.717) is 6.04 Å². The second-order valence-electron chi connectivity index (χ2n) is 5.80. The van der Waals surface area contributed by atoms with Crippen LogP contribution in [0.2, 0.25) is 0 Å². The molecule has 0 N–H and O–H groups in total. The Bertz CT molecular complexity index is 512. The Balaban J connectivity index is 2.15. The van der Waals surface area contributed by atoms with Crippen molar-refractivity contribution in [1.82, 2.24) is 4.57 Å². The minimum atomic E-state index is -0.329. The molecule has 1 aromatic heterocycles. The lowest BCUT2D eigenvalue weighted by Crippen LogP contribution is -2.21. The molecule has 0 fully saturated rings. The Morgan fingerprint density at radius 1 is 1.37 bits per heavy atom. The molecular formula is C16H23NO2. The fourth-order valence-corrected chi connectivity index (χ4v) is 3.90. The molecule has 3 heteroatoms. The molecule has 0 spiro atoms. The third-order valence-corrected chi connectivity index (χ3v) is 4.87. The third kappa shape index (κ3) is 1.78. The third-order valence-electron chi connectivity index (χ3n) is 4.87. The van der Waals surface area contributed by atoms with Gasteiger partial charge in [0.1, 0.15) is 6.10 Å². The van der Waals surface area contributed by atoms with E-state index < -0.39 is 0 Å². The van der Waals surface area contributed by atoms with E-state index >= 15 is 0 Å². The molecular weight excluding hydrogens is 238 g/mol. The summed E-state index contributed by atoms with van der Waals surface area (Å²) in [5.74, 6) is 0.178. The van der Waals surface area contributed by atoms with Gasteiger partial charge in [-0.2, -0.15) is 0 Å². The fourth-order valence-electron chi connectivity index (χ4n) is 3.90. The molecule has 2 aliphatic heterocycles. The number of carbonyl (C=O) groups is 1. The summed E-state index contributed by atoms with van der Waals surface area (Å²) in [7, 11) is 1.62. The van der Waals surface area contributed by atoms with Crippen LogP contribution in [0.25, 0.3) is 0 Å². The Kier molecular flexibility index (Phi) is 3.25. The topological polar surface area (TPSA) is 31.2 Å². The van der Waals surface area contributed by atoms with Crippen LogP contribution in [-0.2, 0) is 24.0 Å². The van der Waals surface area contributed by atoms with Gasteiger partial charge in [0, 0.05) is 30.1 Å². The Morgan fingerprint density at radius 3 is 2.84 bits per heavy atom. The van der Waals surface area contributed by atoms with Gasteiger partial charge in [0.25, 0.3) is 0 Å². The lowest BCUT2D eigenvalue weighted by molar-refractivity contribution is 0.0654. The number of methoxy groups -OCH3 is 1. The maximum atomic E-state index is 12.6. The largest absolute Gasteiger partial charge is 0.374 e. The van der Waals surface area contributed by atoms with Crippen LogP contribution in [0.3, 0.4) is 0 Å². The zero-order valence-corrected chi connectivity index (χ0v) is 12.2. The van der Waals surface area contributed by atoms with Crippen LogP contribution in [-0.4, -0.2) is 23.6 Å². The van der Waals surface area contributed by atoms with Gasteiger partial charge in [0.05, 0.1) is 0 Å². The highest BCUT2D eigenvalue weighted by atomic mass is 16.5.